The molecule has 248 valence electrons. The van der Waals surface area contributed by atoms with E-state index in [1.54, 1.807) is 17.0 Å². The molecule has 4 aromatic rings. The van der Waals surface area contributed by atoms with Crippen molar-refractivity contribution in [2.45, 2.75) is 76.0 Å². The van der Waals surface area contributed by atoms with Crippen LogP contribution in [0.25, 0.3) is 22.2 Å². The van der Waals surface area contributed by atoms with E-state index in [1.165, 1.54) is 0 Å². The molecule has 0 bridgehead atoms. The minimum absolute atomic E-state index is 0.0608. The zero-order valence-corrected chi connectivity index (χ0v) is 28.3. The number of nitrogens with one attached hydrogen (secondary N) is 2. The molecule has 1 aliphatic carbocycles. The molecule has 1 saturated heterocycles. The first-order valence-electron chi connectivity index (χ1n) is 16.4. The van der Waals surface area contributed by atoms with Gasteiger partial charge < -0.3 is 19.5 Å². The monoisotopic (exact) mass is 656 g/mol. The Morgan fingerprint density at radius 2 is 1.60 bits per heavy atom. The predicted octanol–water partition coefficient (Wildman–Crippen LogP) is 6.80. The van der Waals surface area contributed by atoms with Crippen LogP contribution in [0.2, 0.25) is 0 Å². The van der Waals surface area contributed by atoms with Crippen molar-refractivity contribution in [2.24, 2.45) is 5.92 Å². The third-order valence-corrected chi connectivity index (χ3v) is 10.8. The van der Waals surface area contributed by atoms with Crippen molar-refractivity contribution in [3.8, 4) is 11.3 Å². The van der Waals surface area contributed by atoms with Gasteiger partial charge in [0.1, 0.15) is 5.60 Å². The Labute approximate surface area is 277 Å². The minimum Gasteiger partial charge on any atom is -0.444 e. The van der Waals surface area contributed by atoms with Crippen LogP contribution in [0.5, 0.6) is 0 Å². The summed E-state index contributed by atoms with van der Waals surface area (Å²) in [5.74, 6) is -0.143. The number of ether oxygens (including phenoxy) is 1. The molecule has 0 unspecified atom stereocenters. The molecule has 1 saturated carbocycles. The van der Waals surface area contributed by atoms with Gasteiger partial charge in [-0.25, -0.2) is 17.9 Å². The second-order valence-corrected chi connectivity index (χ2v) is 15.5. The van der Waals surface area contributed by atoms with E-state index in [4.69, 9.17) is 4.74 Å². The number of aryl methyl sites for hydroxylation is 1. The first-order chi connectivity index (χ1) is 22.4. The maximum atomic E-state index is 14.0. The fourth-order valence-electron chi connectivity index (χ4n) is 6.77. The zero-order chi connectivity index (χ0) is 33.3. The Morgan fingerprint density at radius 1 is 0.894 bits per heavy atom. The van der Waals surface area contributed by atoms with E-state index in [-0.39, 0.29) is 34.9 Å². The molecule has 10 heteroatoms. The lowest BCUT2D eigenvalue weighted by Crippen LogP contribution is -2.54. The number of nitrogens with zero attached hydrogens (tertiary/aromatic N) is 2. The Bertz CT molecular complexity index is 1860. The molecule has 1 aromatic heterocycles. The smallest absolute Gasteiger partial charge is 0.410 e. The Balaban J connectivity index is 1.10. The minimum atomic E-state index is -3.76. The third kappa shape index (κ3) is 7.39. The lowest BCUT2D eigenvalue weighted by Gasteiger charge is -2.43. The van der Waals surface area contributed by atoms with Gasteiger partial charge in [-0.3, -0.25) is 4.79 Å². The lowest BCUT2D eigenvalue weighted by molar-refractivity contribution is -0.142. The van der Waals surface area contributed by atoms with Crippen molar-refractivity contribution < 1.29 is 22.7 Å². The maximum Gasteiger partial charge on any atom is 0.410 e. The summed E-state index contributed by atoms with van der Waals surface area (Å²) in [5, 5.41) is 0.946. The summed E-state index contributed by atoms with van der Waals surface area (Å²) in [4.78, 5) is 34.1. The Morgan fingerprint density at radius 3 is 2.30 bits per heavy atom. The van der Waals surface area contributed by atoms with Crippen molar-refractivity contribution in [1.29, 1.82) is 0 Å². The van der Waals surface area contributed by atoms with Gasteiger partial charge in [0.2, 0.25) is 15.9 Å². The molecular weight excluding hydrogens is 612 g/mol. The largest absolute Gasteiger partial charge is 0.444 e. The van der Waals surface area contributed by atoms with Gasteiger partial charge in [-0.2, -0.15) is 0 Å². The van der Waals surface area contributed by atoms with E-state index in [9.17, 15) is 18.0 Å². The number of aromatic nitrogens is 1. The van der Waals surface area contributed by atoms with Gasteiger partial charge in [-0.1, -0.05) is 60.7 Å². The number of benzene rings is 3. The number of aromatic amines is 1. The van der Waals surface area contributed by atoms with Crippen molar-refractivity contribution in [3.63, 3.8) is 0 Å². The molecular formula is C37H44N4O5S. The summed E-state index contributed by atoms with van der Waals surface area (Å²) in [6, 6.07) is 24.6. The molecule has 2 aliphatic rings. The number of piperazine rings is 1. The highest BCUT2D eigenvalue weighted by molar-refractivity contribution is 7.89. The second-order valence-electron chi connectivity index (χ2n) is 13.8. The number of fused-ring (bicyclic) bond motifs is 1. The van der Waals surface area contributed by atoms with E-state index in [1.807, 2.05) is 86.3 Å². The van der Waals surface area contributed by atoms with E-state index in [0.29, 0.717) is 45.3 Å². The predicted molar refractivity (Wildman–Crippen MR) is 183 cm³/mol. The van der Waals surface area contributed by atoms with Gasteiger partial charge in [0.15, 0.2) is 0 Å². The van der Waals surface area contributed by atoms with E-state index < -0.39 is 15.6 Å². The number of rotatable bonds is 6. The molecule has 2 fully saturated rings. The molecule has 47 heavy (non-hydrogen) atoms. The van der Waals surface area contributed by atoms with Crippen LogP contribution in [0.3, 0.4) is 0 Å². The molecule has 2 N–H and O–H groups in total. The highest BCUT2D eigenvalue weighted by Crippen LogP contribution is 2.34. The van der Waals surface area contributed by atoms with Crippen molar-refractivity contribution >= 4 is 32.9 Å². The van der Waals surface area contributed by atoms with Gasteiger partial charge in [0, 0.05) is 53.8 Å². The summed E-state index contributed by atoms with van der Waals surface area (Å²) < 4.78 is 35.5. The summed E-state index contributed by atoms with van der Waals surface area (Å²) in [7, 11) is -3.76. The van der Waals surface area contributed by atoms with Crippen LogP contribution in [0.1, 0.15) is 63.6 Å². The highest BCUT2D eigenvalue weighted by atomic mass is 32.2. The van der Waals surface area contributed by atoms with Crippen LogP contribution in [-0.2, 0) is 19.6 Å². The molecule has 1 atom stereocenters. The zero-order valence-electron chi connectivity index (χ0n) is 27.5. The van der Waals surface area contributed by atoms with Gasteiger partial charge >= 0.3 is 6.09 Å². The van der Waals surface area contributed by atoms with Crippen LogP contribution < -0.4 is 4.72 Å². The number of amides is 2. The quantitative estimate of drug-likeness (QED) is 0.237. The van der Waals surface area contributed by atoms with Gasteiger partial charge in [-0.15, -0.1) is 0 Å². The standard InChI is InChI=1S/C37H44N4O5S/c1-25-10-8-9-13-31(25)33-22-28-16-19-30(23-32(28)38-33)47(44,45)39-29-17-14-27(15-18-29)35(42)41-21-20-40(36(43)46-37(2,3)4)24-34(41)26-11-6-5-7-12-26/h5-13,16,19,22-23,27,29,34,38-39H,14-15,17-18,20-21,24H2,1-4H3/t27?,29?,34-/m1/s1. The van der Waals surface area contributed by atoms with Crippen LogP contribution in [-0.4, -0.2) is 66.5 Å². The molecule has 3 aromatic carbocycles. The normalized spacial score (nSPS) is 20.7. The third-order valence-electron chi connectivity index (χ3n) is 9.24. The number of carbonyl (C=O) groups excluding carboxylic acids is 2. The average molecular weight is 657 g/mol. The van der Waals surface area contributed by atoms with E-state index >= 15 is 0 Å². The van der Waals surface area contributed by atoms with Crippen molar-refractivity contribution in [2.75, 3.05) is 19.6 Å². The molecule has 6 rings (SSSR count). The molecule has 1 aliphatic heterocycles. The molecule has 2 amide bonds. The fraction of sp³-hybridized carbons (Fsp3) is 0.405. The number of hydrogen-bond donors (Lipinski definition) is 2. The van der Waals surface area contributed by atoms with Crippen LogP contribution in [0, 0.1) is 12.8 Å². The van der Waals surface area contributed by atoms with Crippen LogP contribution in [0.4, 0.5) is 4.79 Å². The molecule has 2 heterocycles. The van der Waals surface area contributed by atoms with Crippen molar-refractivity contribution in [1.82, 2.24) is 19.5 Å². The number of sulfonamides is 1. The van der Waals surface area contributed by atoms with Gasteiger partial charge in [-0.05, 0) is 82.7 Å². The number of carbonyl (C=O) groups is 2. The van der Waals surface area contributed by atoms with Crippen LogP contribution in [0.15, 0.2) is 83.8 Å². The average Bonchev–Trinajstić information content (AvgIpc) is 3.48. The summed E-state index contributed by atoms with van der Waals surface area (Å²) in [6.45, 7) is 8.76. The first kappa shape index (κ1) is 32.8. The first-order valence-corrected chi connectivity index (χ1v) is 17.9. The number of hydrogen-bond acceptors (Lipinski definition) is 5. The summed E-state index contributed by atoms with van der Waals surface area (Å²) >= 11 is 0. The van der Waals surface area contributed by atoms with Crippen LogP contribution >= 0.6 is 0 Å². The summed E-state index contributed by atoms with van der Waals surface area (Å²) in [6.07, 6.45) is 1.96. The number of H-pyrrole nitrogens is 1. The van der Waals surface area contributed by atoms with E-state index in [2.05, 4.69) is 22.7 Å². The van der Waals surface area contributed by atoms with Crippen molar-refractivity contribution in [3.05, 3.63) is 90.0 Å². The topological polar surface area (TPSA) is 112 Å². The fourth-order valence-corrected chi connectivity index (χ4v) is 8.10. The van der Waals surface area contributed by atoms with Gasteiger partial charge in [0.25, 0.3) is 0 Å². The second kappa shape index (κ2) is 13.2. The summed E-state index contributed by atoms with van der Waals surface area (Å²) in [5.41, 5.74) is 4.30. The molecule has 9 nitrogen and oxygen atoms in total. The SMILES string of the molecule is Cc1ccccc1-c1cc2ccc(S(=O)(=O)NC3CCC(C(=O)N4CCN(C(=O)OC(C)(C)C)C[C@@H]4c4ccccc4)CC3)cc2[nH]1. The maximum absolute atomic E-state index is 14.0. The molecule has 0 radical (unpaired) electrons. The lowest BCUT2D eigenvalue weighted by atomic mass is 9.85. The highest BCUT2D eigenvalue weighted by Gasteiger charge is 2.39. The van der Waals surface area contributed by atoms with Gasteiger partial charge in [0.05, 0.1) is 10.9 Å². The Kier molecular flexibility index (Phi) is 9.18. The molecule has 0 spiro atoms. The van der Waals surface area contributed by atoms with E-state index in [0.717, 1.165) is 33.3 Å². The Hall–Kier alpha value is -4.15.